The highest BCUT2D eigenvalue weighted by Gasteiger charge is 2.36. The molecule has 1 saturated heterocycles. The van der Waals surface area contributed by atoms with Crippen molar-refractivity contribution in [2.24, 2.45) is 0 Å². The van der Waals surface area contributed by atoms with Gasteiger partial charge < -0.3 is 39.8 Å². The first-order chi connectivity index (χ1) is 40.6. The molecule has 85 heavy (non-hydrogen) atoms. The Balaban J connectivity index is 0.000000222. The summed E-state index contributed by atoms with van der Waals surface area (Å²) in [5, 5.41) is 35.6. The first-order valence-corrected chi connectivity index (χ1v) is 26.9. The number of rotatable bonds is 20. The number of ether oxygens (including phenoxy) is 4. The Morgan fingerprint density at radius 2 is 1.18 bits per heavy atom. The summed E-state index contributed by atoms with van der Waals surface area (Å²) in [6.45, 7) is 7.34. The van der Waals surface area contributed by atoms with Crippen LogP contribution >= 0.6 is 0 Å². The van der Waals surface area contributed by atoms with Crippen LogP contribution in [0.15, 0.2) is 158 Å². The molecule has 1 fully saturated rings. The van der Waals surface area contributed by atoms with E-state index in [1.807, 2.05) is 60.7 Å². The highest BCUT2D eigenvalue weighted by molar-refractivity contribution is 5.76. The van der Waals surface area contributed by atoms with Crippen LogP contribution in [-0.4, -0.2) is 105 Å². The number of benzene rings is 4. The number of para-hydroxylation sites is 2. The van der Waals surface area contributed by atoms with Gasteiger partial charge in [-0.05, 0) is 76.2 Å². The predicted octanol–water partition coefficient (Wildman–Crippen LogP) is 12.1. The van der Waals surface area contributed by atoms with Gasteiger partial charge in [0.05, 0.1) is 85.4 Å². The molecule has 9 rings (SSSR count). The van der Waals surface area contributed by atoms with Crippen LogP contribution in [0.1, 0.15) is 75.6 Å². The predicted molar refractivity (Wildman–Crippen MR) is 304 cm³/mol. The maximum atomic E-state index is 13.7. The summed E-state index contributed by atoms with van der Waals surface area (Å²) < 4.78 is 107. The van der Waals surface area contributed by atoms with E-state index >= 15 is 0 Å². The standard InChI is InChI=1S/C32H32F3N5O4.C29H28F3N5O4/c1-4-42-28(41)19-26-18-25(43-31(2,3)44-26)14-13-22-20-37-40(29(22)21-9-8-10-23(17-21)32(33,34)35)27-15-16-36-30(39-27)38-24-11-6-5-7-12-24;1-2-41-26(40)17-24(39)16-23(38)12-11-20-18-34-37(27(20)19-7-6-8-21(15-19)29(30,31)32)25-13-14-33-28(36-25)35-22-9-4-3-5-10-22/h5-17,20,25-26H,4,18-19H2,1-3H3,(H,36,38,39);3-15,18,23-24,38-39H,2,16-17H2,1H3,(H,33,35,36)/b14-13+;12-11+/t25-,26-;23-,24-/m11/s1. The summed E-state index contributed by atoms with van der Waals surface area (Å²) in [5.41, 5.74) is 2.00. The molecule has 0 spiro atoms. The number of alkyl halides is 6. The monoisotopic (exact) mass is 1170 g/mol. The Kier molecular flexibility index (Phi) is 20.4. The van der Waals surface area contributed by atoms with Gasteiger partial charge in [0.1, 0.15) is 0 Å². The molecule has 0 aliphatic carbocycles. The zero-order valence-electron chi connectivity index (χ0n) is 46.4. The van der Waals surface area contributed by atoms with Crippen LogP contribution in [0.25, 0.3) is 46.3 Å². The van der Waals surface area contributed by atoms with Crippen LogP contribution in [0.2, 0.25) is 0 Å². The molecule has 4 aromatic heterocycles. The van der Waals surface area contributed by atoms with Gasteiger partial charge in [0, 0.05) is 71.0 Å². The van der Waals surface area contributed by atoms with Crippen molar-refractivity contribution in [2.75, 3.05) is 23.8 Å². The molecule has 4 atom stereocenters. The molecule has 0 saturated carbocycles. The Bertz CT molecular complexity index is 3580. The first kappa shape index (κ1) is 62.0. The second-order valence-electron chi connectivity index (χ2n) is 19.6. The molecular weight excluding hydrogens is 1110 g/mol. The van der Waals surface area contributed by atoms with Gasteiger partial charge in [-0.1, -0.05) is 85.0 Å². The minimum Gasteiger partial charge on any atom is -0.466 e. The Labute approximate surface area is 484 Å². The summed E-state index contributed by atoms with van der Waals surface area (Å²) in [7, 11) is 0. The van der Waals surface area contributed by atoms with Crippen molar-refractivity contribution in [1.29, 1.82) is 0 Å². The van der Waals surface area contributed by atoms with Gasteiger partial charge in [-0.3, -0.25) is 9.59 Å². The molecule has 4 N–H and O–H groups in total. The fraction of sp³-hybridized carbons (Fsp3) is 0.279. The van der Waals surface area contributed by atoms with E-state index < -0.39 is 59.7 Å². The molecule has 0 unspecified atom stereocenters. The van der Waals surface area contributed by atoms with E-state index in [1.165, 1.54) is 52.1 Å². The lowest BCUT2D eigenvalue weighted by molar-refractivity contribution is -0.290. The van der Waals surface area contributed by atoms with Crippen molar-refractivity contribution in [1.82, 2.24) is 39.5 Å². The topological polar surface area (TPSA) is 223 Å². The molecule has 1 aliphatic rings. The van der Waals surface area contributed by atoms with Crippen LogP contribution in [0.5, 0.6) is 0 Å². The number of hydrogen-bond donors (Lipinski definition) is 4. The van der Waals surface area contributed by atoms with Gasteiger partial charge in [-0.25, -0.2) is 19.3 Å². The quantitative estimate of drug-likeness (QED) is 0.0411. The number of aliphatic hydroxyl groups excluding tert-OH is 2. The molecule has 8 aromatic rings. The number of carbonyl (C=O) groups excluding carboxylic acids is 2. The minimum atomic E-state index is -4.57. The third-order valence-corrected chi connectivity index (χ3v) is 12.6. The largest absolute Gasteiger partial charge is 0.466 e. The molecule has 4 aromatic carbocycles. The van der Waals surface area contributed by atoms with Crippen molar-refractivity contribution >= 4 is 47.4 Å². The summed E-state index contributed by atoms with van der Waals surface area (Å²) >= 11 is 0. The molecular formula is C61H60F6N10O8. The van der Waals surface area contributed by atoms with Crippen LogP contribution in [-0.2, 0) is 40.9 Å². The number of anilines is 4. The second kappa shape index (κ2) is 28.0. The molecule has 0 radical (unpaired) electrons. The fourth-order valence-corrected chi connectivity index (χ4v) is 9.01. The van der Waals surface area contributed by atoms with Gasteiger partial charge in [0.15, 0.2) is 17.4 Å². The van der Waals surface area contributed by atoms with E-state index in [4.69, 9.17) is 18.9 Å². The van der Waals surface area contributed by atoms with Crippen molar-refractivity contribution in [2.45, 2.75) is 95.9 Å². The molecule has 0 amide bonds. The summed E-state index contributed by atoms with van der Waals surface area (Å²) in [4.78, 5) is 41.3. The van der Waals surface area contributed by atoms with Gasteiger partial charge >= 0.3 is 24.3 Å². The molecule has 0 bridgehead atoms. The highest BCUT2D eigenvalue weighted by Crippen LogP contribution is 2.37. The number of nitrogens with one attached hydrogen (secondary N) is 2. The Morgan fingerprint density at radius 1 is 0.682 bits per heavy atom. The number of carbonyl (C=O) groups is 2. The van der Waals surface area contributed by atoms with E-state index in [1.54, 1.807) is 70.4 Å². The number of aromatic nitrogens is 8. The second-order valence-corrected chi connectivity index (χ2v) is 19.6. The van der Waals surface area contributed by atoms with Crippen molar-refractivity contribution in [3.63, 3.8) is 0 Å². The first-order valence-electron chi connectivity index (χ1n) is 26.9. The van der Waals surface area contributed by atoms with Crippen molar-refractivity contribution in [3.8, 4) is 34.2 Å². The number of esters is 2. The highest BCUT2D eigenvalue weighted by atomic mass is 19.4. The van der Waals surface area contributed by atoms with Gasteiger partial charge in [-0.15, -0.1) is 0 Å². The van der Waals surface area contributed by atoms with Crippen LogP contribution in [0.3, 0.4) is 0 Å². The summed E-state index contributed by atoms with van der Waals surface area (Å²) in [6, 6.07) is 31.6. The Morgan fingerprint density at radius 3 is 1.67 bits per heavy atom. The van der Waals surface area contributed by atoms with Crippen molar-refractivity contribution < 1.29 is 65.1 Å². The van der Waals surface area contributed by atoms with E-state index in [0.29, 0.717) is 40.6 Å². The maximum absolute atomic E-state index is 13.7. The average molecular weight is 1180 g/mol. The lowest BCUT2D eigenvalue weighted by Gasteiger charge is -2.39. The third-order valence-electron chi connectivity index (χ3n) is 12.6. The fourth-order valence-electron chi connectivity index (χ4n) is 9.01. The average Bonchev–Trinajstić information content (AvgIpc) is 2.65. The van der Waals surface area contributed by atoms with Gasteiger partial charge in [0.25, 0.3) is 0 Å². The van der Waals surface area contributed by atoms with E-state index in [0.717, 1.165) is 35.6 Å². The van der Waals surface area contributed by atoms with E-state index in [9.17, 15) is 46.1 Å². The van der Waals surface area contributed by atoms with E-state index in [2.05, 4.69) is 40.8 Å². The minimum absolute atomic E-state index is 0.0749. The van der Waals surface area contributed by atoms with Crippen LogP contribution in [0, 0.1) is 0 Å². The lowest BCUT2D eigenvalue weighted by atomic mass is 10.0. The number of hydrogen-bond acceptors (Lipinski definition) is 16. The maximum Gasteiger partial charge on any atom is 0.416 e. The molecule has 5 heterocycles. The molecule has 24 heteroatoms. The Hall–Kier alpha value is -9.10. The lowest BCUT2D eigenvalue weighted by Crippen LogP contribution is -2.44. The molecule has 18 nitrogen and oxygen atoms in total. The normalized spacial score (nSPS) is 15.9. The number of nitrogens with zero attached hydrogens (tertiary/aromatic N) is 8. The summed E-state index contributed by atoms with van der Waals surface area (Å²) in [5.74, 6) is -0.739. The van der Waals surface area contributed by atoms with Crippen LogP contribution in [0.4, 0.5) is 49.6 Å². The number of halogens is 6. The van der Waals surface area contributed by atoms with Crippen molar-refractivity contribution in [3.05, 3.63) is 181 Å². The van der Waals surface area contributed by atoms with E-state index in [-0.39, 0.29) is 61.5 Å². The van der Waals surface area contributed by atoms with Crippen LogP contribution < -0.4 is 10.6 Å². The third kappa shape index (κ3) is 17.5. The zero-order chi connectivity index (χ0) is 60.7. The van der Waals surface area contributed by atoms with Gasteiger partial charge in [0.2, 0.25) is 11.9 Å². The van der Waals surface area contributed by atoms with Gasteiger partial charge in [-0.2, -0.15) is 46.5 Å². The smallest absolute Gasteiger partial charge is 0.416 e. The SMILES string of the molecule is CCOC(=O)C[C@H](O)C[C@H](O)/C=C/c1cnn(-c2ccnc(Nc3ccccc3)n2)c1-c1cccc(C(F)(F)F)c1.CCOC(=O)C[C@H]1C[C@@H](/C=C/c2cnn(-c3ccnc(Nc4ccccc4)n3)c2-c2cccc(C(F)(F)F)c2)OC(C)(C)O1. The number of aliphatic hydroxyl groups is 2. The molecule has 444 valence electrons. The summed E-state index contributed by atoms with van der Waals surface area (Å²) in [6.07, 6.45) is 0.176. The molecule has 1 aliphatic heterocycles. The zero-order valence-corrected chi connectivity index (χ0v) is 46.4.